The molecule has 1 aliphatic heterocycles. The zero-order valence-corrected chi connectivity index (χ0v) is 18.3. The monoisotopic (exact) mass is 399 g/mol. The largest absolute Gasteiger partial charge is 1.00 e. The van der Waals surface area contributed by atoms with Crippen LogP contribution < -0.4 is 39.8 Å². The Morgan fingerprint density at radius 3 is 2.28 bits per heavy atom. The number of para-hydroxylation sites is 1. The first-order chi connectivity index (χ1) is 13.6. The summed E-state index contributed by atoms with van der Waals surface area (Å²) in [7, 11) is 0. The zero-order chi connectivity index (χ0) is 19.5. The van der Waals surface area contributed by atoms with Crippen molar-refractivity contribution in [2.24, 2.45) is 0 Å². The predicted molar refractivity (Wildman–Crippen MR) is 111 cm³/mol. The fourth-order valence-electron chi connectivity index (χ4n) is 3.61. The molecule has 144 valence electrons. The number of benzene rings is 3. The second kappa shape index (κ2) is 9.31. The van der Waals surface area contributed by atoms with Gasteiger partial charge in [0.1, 0.15) is 0 Å². The van der Waals surface area contributed by atoms with E-state index in [4.69, 9.17) is 0 Å². The number of carboxylic acid groups (broad SMARTS) is 1. The molecule has 3 aromatic carbocycles. The Balaban J connectivity index is 0.00000160. The number of hydrogen-bond donors (Lipinski definition) is 2. The van der Waals surface area contributed by atoms with Gasteiger partial charge in [-0.1, -0.05) is 48.5 Å². The number of carboxylic acids is 1. The Morgan fingerprint density at radius 1 is 0.862 bits per heavy atom. The van der Waals surface area contributed by atoms with Crippen molar-refractivity contribution in [3.05, 3.63) is 72.3 Å². The quantitative estimate of drug-likeness (QED) is 0.645. The molecule has 2 amide bonds. The summed E-state index contributed by atoms with van der Waals surface area (Å²) in [6, 6.07) is 20.7. The van der Waals surface area contributed by atoms with Gasteiger partial charge in [0.25, 0.3) is 0 Å². The summed E-state index contributed by atoms with van der Waals surface area (Å²) in [5.41, 5.74) is 1.58. The average molecular weight is 399 g/mol. The summed E-state index contributed by atoms with van der Waals surface area (Å²) in [6.45, 7) is 2.60. The van der Waals surface area contributed by atoms with Gasteiger partial charge in [0, 0.05) is 37.3 Å². The number of hydrogen-bond acceptors (Lipinski definition) is 3. The molecule has 0 aliphatic carbocycles. The molecule has 29 heavy (non-hydrogen) atoms. The number of carbonyl (C=O) groups is 2. The smallest absolute Gasteiger partial charge is 1.00 e. The van der Waals surface area contributed by atoms with Crippen LogP contribution in [0.4, 0.5) is 16.2 Å². The molecular weight excluding hydrogens is 377 g/mol. The van der Waals surface area contributed by atoms with Crippen molar-refractivity contribution >= 4 is 34.1 Å². The van der Waals surface area contributed by atoms with Gasteiger partial charge in [-0.3, -0.25) is 0 Å². The summed E-state index contributed by atoms with van der Waals surface area (Å²) in [4.78, 5) is 27.9. The van der Waals surface area contributed by atoms with Crippen LogP contribution in [0.25, 0.3) is 10.8 Å². The Labute approximate surface area is 192 Å². The van der Waals surface area contributed by atoms with Crippen LogP contribution in [0, 0.1) is 0 Å². The van der Waals surface area contributed by atoms with E-state index in [0.29, 0.717) is 18.8 Å². The van der Waals surface area contributed by atoms with Gasteiger partial charge in [-0.05, 0) is 23.6 Å². The van der Waals surface area contributed by atoms with Crippen LogP contribution in [0.3, 0.4) is 0 Å². The number of rotatable bonds is 3. The minimum absolute atomic E-state index is 0. The molecule has 0 saturated carbocycles. The van der Waals surface area contributed by atoms with Crippen LogP contribution in [-0.4, -0.2) is 48.2 Å². The van der Waals surface area contributed by atoms with Gasteiger partial charge in [0.05, 0.1) is 11.3 Å². The van der Waals surface area contributed by atoms with Crippen LogP contribution in [-0.2, 0) is 0 Å². The van der Waals surface area contributed by atoms with Gasteiger partial charge in [-0.15, -0.1) is 0 Å². The summed E-state index contributed by atoms with van der Waals surface area (Å²) >= 11 is 0. The van der Waals surface area contributed by atoms with Crippen LogP contribution >= 0.6 is 0 Å². The Hall–Kier alpha value is -2.54. The second-order valence-electron chi connectivity index (χ2n) is 6.75. The normalized spacial score (nSPS) is 13.7. The van der Waals surface area contributed by atoms with E-state index in [1.807, 2.05) is 12.1 Å². The molecule has 0 spiro atoms. The summed E-state index contributed by atoms with van der Waals surface area (Å²) in [6.07, 6.45) is 0. The van der Waals surface area contributed by atoms with Crippen molar-refractivity contribution in [3.63, 3.8) is 0 Å². The van der Waals surface area contributed by atoms with E-state index in [1.165, 1.54) is 22.5 Å². The van der Waals surface area contributed by atoms with Gasteiger partial charge in [-0.25, -0.2) is 9.59 Å². The molecule has 4 rings (SSSR count). The summed E-state index contributed by atoms with van der Waals surface area (Å²) in [5, 5.41) is 14.4. The topological polar surface area (TPSA) is 72.9 Å². The van der Waals surface area contributed by atoms with E-state index >= 15 is 0 Å². The maximum atomic E-state index is 12.6. The maximum Gasteiger partial charge on any atom is 1.00 e. The van der Waals surface area contributed by atoms with Gasteiger partial charge in [0.15, 0.2) is 0 Å². The van der Waals surface area contributed by atoms with Crippen LogP contribution in [0.1, 0.15) is 11.8 Å². The van der Waals surface area contributed by atoms with E-state index in [1.54, 1.807) is 23.1 Å². The molecular formula is C22H22N3NaO3. The molecule has 7 heteroatoms. The van der Waals surface area contributed by atoms with Crippen LogP contribution in [0.5, 0.6) is 0 Å². The number of urea groups is 1. The third-order valence-corrected chi connectivity index (χ3v) is 5.07. The number of carbonyl (C=O) groups excluding carboxylic acids is 1. The van der Waals surface area contributed by atoms with Crippen molar-refractivity contribution < 1.29 is 45.7 Å². The Kier molecular flexibility index (Phi) is 6.79. The van der Waals surface area contributed by atoms with Crippen LogP contribution in [0.15, 0.2) is 66.7 Å². The molecule has 0 aromatic heterocycles. The maximum absolute atomic E-state index is 12.6. The minimum Gasteiger partial charge on any atom is -1.00 e. The Morgan fingerprint density at radius 2 is 1.52 bits per heavy atom. The molecule has 2 N–H and O–H groups in total. The first-order valence-electron chi connectivity index (χ1n) is 9.24. The summed E-state index contributed by atoms with van der Waals surface area (Å²) < 4.78 is 0. The van der Waals surface area contributed by atoms with Crippen molar-refractivity contribution in [1.29, 1.82) is 0 Å². The number of piperazine rings is 1. The molecule has 0 unspecified atom stereocenters. The fourth-order valence-corrected chi connectivity index (χ4v) is 3.61. The van der Waals surface area contributed by atoms with E-state index in [-0.39, 0.29) is 42.6 Å². The number of amides is 2. The molecule has 1 saturated heterocycles. The first-order valence-corrected chi connectivity index (χ1v) is 9.24. The van der Waals surface area contributed by atoms with Gasteiger partial charge in [-0.2, -0.15) is 0 Å². The molecule has 0 radical (unpaired) electrons. The molecule has 1 fully saturated rings. The molecule has 1 heterocycles. The van der Waals surface area contributed by atoms with E-state index in [2.05, 4.69) is 40.5 Å². The second-order valence-corrected chi connectivity index (χ2v) is 6.75. The van der Waals surface area contributed by atoms with E-state index < -0.39 is 5.97 Å². The molecule has 0 bridgehead atoms. The zero-order valence-electron chi connectivity index (χ0n) is 17.3. The molecule has 3 aromatic rings. The number of nitrogens with zero attached hydrogens (tertiary/aromatic N) is 2. The SMILES string of the molecule is O=C(O)c1ccccc1NC(=O)N1CCN(c2cccc3ccccc23)CC1.[H-].[Na+]. The Bertz CT molecular complexity index is 1030. The fraction of sp³-hybridized carbons (Fsp3) is 0.182. The van der Waals surface area contributed by atoms with Gasteiger partial charge in [0.2, 0.25) is 0 Å². The number of nitrogens with one attached hydrogen (secondary N) is 1. The van der Waals surface area contributed by atoms with Gasteiger partial charge < -0.3 is 21.6 Å². The number of fused-ring (bicyclic) bond motifs is 1. The van der Waals surface area contributed by atoms with E-state index in [9.17, 15) is 14.7 Å². The third kappa shape index (κ3) is 4.56. The molecule has 6 nitrogen and oxygen atoms in total. The van der Waals surface area contributed by atoms with Crippen molar-refractivity contribution in [3.8, 4) is 0 Å². The third-order valence-electron chi connectivity index (χ3n) is 5.07. The van der Waals surface area contributed by atoms with E-state index in [0.717, 1.165) is 13.1 Å². The average Bonchev–Trinajstić information content (AvgIpc) is 2.73. The first kappa shape index (κ1) is 21.2. The van der Waals surface area contributed by atoms with Gasteiger partial charge >= 0.3 is 41.6 Å². The van der Waals surface area contributed by atoms with Crippen LogP contribution in [0.2, 0.25) is 0 Å². The number of aromatic carboxylic acids is 1. The minimum atomic E-state index is -1.06. The number of anilines is 2. The van der Waals surface area contributed by atoms with Crippen molar-refractivity contribution in [2.45, 2.75) is 0 Å². The molecule has 1 aliphatic rings. The summed E-state index contributed by atoms with van der Waals surface area (Å²) in [5.74, 6) is -1.06. The standard InChI is InChI=1S/C22H21N3O3.Na.H/c26-21(27)18-9-3-4-10-19(18)23-22(28)25-14-12-24(13-15-25)20-11-5-7-16-6-1-2-8-17(16)20;;/h1-11H,12-15H2,(H,23,28)(H,26,27);;/q;+1;-1. The van der Waals surface area contributed by atoms with Crippen molar-refractivity contribution in [2.75, 3.05) is 36.4 Å². The van der Waals surface area contributed by atoms with Crippen molar-refractivity contribution in [1.82, 2.24) is 4.90 Å². The predicted octanol–water partition coefficient (Wildman–Crippen LogP) is 1.01. The molecule has 0 atom stereocenters.